The van der Waals surface area contributed by atoms with Crippen molar-refractivity contribution in [2.75, 3.05) is 32.7 Å². The van der Waals surface area contributed by atoms with Crippen molar-refractivity contribution in [3.8, 4) is 0 Å². The molecule has 134 valence electrons. The lowest BCUT2D eigenvalue weighted by Gasteiger charge is -2.36. The Hall–Kier alpha value is -1.34. The van der Waals surface area contributed by atoms with Gasteiger partial charge in [0.1, 0.15) is 0 Å². The molecular formula is C16H24Cl2N4O2. The van der Waals surface area contributed by atoms with Crippen LogP contribution in [0, 0.1) is 0 Å². The highest BCUT2D eigenvalue weighted by Crippen LogP contribution is 2.28. The number of benzene rings is 1. The van der Waals surface area contributed by atoms with Crippen LogP contribution in [0.4, 0.5) is 4.79 Å². The number of nitrogens with one attached hydrogen (secondary N) is 3. The molecule has 1 aliphatic rings. The summed E-state index contributed by atoms with van der Waals surface area (Å²) in [5.41, 5.74) is 0.990. The zero-order chi connectivity index (χ0) is 16.7. The van der Waals surface area contributed by atoms with Crippen LogP contribution in [0.15, 0.2) is 24.3 Å². The van der Waals surface area contributed by atoms with E-state index in [0.717, 1.165) is 31.6 Å². The van der Waals surface area contributed by atoms with E-state index in [0.29, 0.717) is 11.6 Å². The number of nitrogens with zero attached hydrogens (tertiary/aromatic N) is 1. The molecule has 8 heteroatoms. The number of amides is 3. The van der Waals surface area contributed by atoms with Gasteiger partial charge in [-0.1, -0.05) is 36.7 Å². The van der Waals surface area contributed by atoms with E-state index in [4.69, 9.17) is 11.6 Å². The predicted molar refractivity (Wildman–Crippen MR) is 97.7 cm³/mol. The lowest BCUT2D eigenvalue weighted by Crippen LogP contribution is -2.51. The van der Waals surface area contributed by atoms with Gasteiger partial charge in [0.05, 0.1) is 6.54 Å². The van der Waals surface area contributed by atoms with Crippen molar-refractivity contribution < 1.29 is 9.59 Å². The van der Waals surface area contributed by atoms with Crippen LogP contribution in [0.3, 0.4) is 0 Å². The van der Waals surface area contributed by atoms with Crippen molar-refractivity contribution in [3.63, 3.8) is 0 Å². The molecule has 3 N–H and O–H groups in total. The Labute approximate surface area is 153 Å². The maximum Gasteiger partial charge on any atom is 0.321 e. The second-order valence-corrected chi connectivity index (χ2v) is 5.92. The Balaban J connectivity index is 0.00000288. The van der Waals surface area contributed by atoms with E-state index in [1.54, 1.807) is 0 Å². The molecule has 1 aliphatic heterocycles. The fraction of sp³-hybridized carbons (Fsp3) is 0.500. The lowest BCUT2D eigenvalue weighted by atomic mass is 10.0. The summed E-state index contributed by atoms with van der Waals surface area (Å²) in [7, 11) is 0. The Morgan fingerprint density at radius 3 is 2.83 bits per heavy atom. The van der Waals surface area contributed by atoms with Crippen molar-refractivity contribution >= 4 is 35.9 Å². The third kappa shape index (κ3) is 5.94. The Morgan fingerprint density at radius 2 is 2.12 bits per heavy atom. The standard InChI is InChI=1S/C16H23ClN4O2.ClH/c1-2-7-19-16(23)20-15(22)11-21-9-8-18-10-14(21)12-5-3-4-6-13(12)17;/h3-6,14,18H,2,7-11H2,1H3,(H2,19,20,22,23);1H. The van der Waals surface area contributed by atoms with E-state index in [-0.39, 0.29) is 30.9 Å². The van der Waals surface area contributed by atoms with Gasteiger partial charge in [-0.05, 0) is 18.1 Å². The van der Waals surface area contributed by atoms with Gasteiger partial charge >= 0.3 is 6.03 Å². The van der Waals surface area contributed by atoms with Gasteiger partial charge in [-0.25, -0.2) is 4.79 Å². The van der Waals surface area contributed by atoms with Crippen LogP contribution in [-0.2, 0) is 4.79 Å². The molecular weight excluding hydrogens is 351 g/mol. The predicted octanol–water partition coefficient (Wildman–Crippen LogP) is 1.94. The van der Waals surface area contributed by atoms with Gasteiger partial charge in [0.15, 0.2) is 0 Å². The first kappa shape index (κ1) is 20.7. The minimum Gasteiger partial charge on any atom is -0.338 e. The first-order chi connectivity index (χ1) is 11.1. The topological polar surface area (TPSA) is 73.5 Å². The summed E-state index contributed by atoms with van der Waals surface area (Å²) >= 11 is 6.28. The molecule has 0 spiro atoms. The minimum absolute atomic E-state index is 0. The number of urea groups is 1. The molecule has 1 unspecified atom stereocenters. The zero-order valence-corrected chi connectivity index (χ0v) is 15.3. The Morgan fingerprint density at radius 1 is 1.38 bits per heavy atom. The highest BCUT2D eigenvalue weighted by molar-refractivity contribution is 6.31. The zero-order valence-electron chi connectivity index (χ0n) is 13.7. The van der Waals surface area contributed by atoms with Crippen LogP contribution in [0.2, 0.25) is 5.02 Å². The molecule has 1 fully saturated rings. The average Bonchev–Trinajstić information content (AvgIpc) is 2.54. The van der Waals surface area contributed by atoms with E-state index in [9.17, 15) is 9.59 Å². The van der Waals surface area contributed by atoms with Gasteiger partial charge in [0.2, 0.25) is 5.91 Å². The number of halogens is 2. The summed E-state index contributed by atoms with van der Waals surface area (Å²) in [4.78, 5) is 25.7. The van der Waals surface area contributed by atoms with E-state index in [1.807, 2.05) is 36.1 Å². The molecule has 0 radical (unpaired) electrons. The van der Waals surface area contributed by atoms with E-state index in [1.165, 1.54) is 0 Å². The maximum absolute atomic E-state index is 12.1. The average molecular weight is 375 g/mol. The molecule has 24 heavy (non-hydrogen) atoms. The maximum atomic E-state index is 12.1. The number of hydrogen-bond acceptors (Lipinski definition) is 4. The molecule has 0 aromatic heterocycles. The number of piperazine rings is 1. The van der Waals surface area contributed by atoms with Gasteiger partial charge in [-0.15, -0.1) is 12.4 Å². The summed E-state index contributed by atoms with van der Waals surface area (Å²) < 4.78 is 0. The van der Waals surface area contributed by atoms with E-state index >= 15 is 0 Å². The number of imide groups is 1. The normalized spacial score (nSPS) is 17.7. The number of rotatable bonds is 5. The number of carbonyl (C=O) groups is 2. The molecule has 1 heterocycles. The molecule has 0 bridgehead atoms. The van der Waals surface area contributed by atoms with Gasteiger partial charge in [-0.3, -0.25) is 15.0 Å². The first-order valence-electron chi connectivity index (χ1n) is 7.88. The quantitative estimate of drug-likeness (QED) is 0.736. The summed E-state index contributed by atoms with van der Waals surface area (Å²) in [6, 6.07) is 7.22. The second kappa shape index (κ2) is 10.5. The Kier molecular flexibility index (Phi) is 9.07. The SMILES string of the molecule is CCCNC(=O)NC(=O)CN1CCNCC1c1ccccc1Cl.Cl. The van der Waals surface area contributed by atoms with Crippen molar-refractivity contribution in [2.24, 2.45) is 0 Å². The highest BCUT2D eigenvalue weighted by atomic mass is 35.5. The van der Waals surface area contributed by atoms with Gasteiger partial charge in [0.25, 0.3) is 0 Å². The van der Waals surface area contributed by atoms with E-state index in [2.05, 4.69) is 16.0 Å². The van der Waals surface area contributed by atoms with Gasteiger partial charge in [0, 0.05) is 37.2 Å². The van der Waals surface area contributed by atoms with Crippen LogP contribution in [0.1, 0.15) is 24.9 Å². The van der Waals surface area contributed by atoms with Crippen molar-refractivity contribution in [1.82, 2.24) is 20.9 Å². The lowest BCUT2D eigenvalue weighted by molar-refractivity contribution is -0.122. The van der Waals surface area contributed by atoms with Crippen LogP contribution < -0.4 is 16.0 Å². The van der Waals surface area contributed by atoms with E-state index < -0.39 is 6.03 Å². The molecule has 0 saturated carbocycles. The van der Waals surface area contributed by atoms with Gasteiger partial charge < -0.3 is 10.6 Å². The molecule has 1 saturated heterocycles. The van der Waals surface area contributed by atoms with Crippen molar-refractivity contribution in [2.45, 2.75) is 19.4 Å². The van der Waals surface area contributed by atoms with Crippen LogP contribution in [0.25, 0.3) is 0 Å². The van der Waals surface area contributed by atoms with Crippen LogP contribution in [0.5, 0.6) is 0 Å². The Bertz CT molecular complexity index is 557. The summed E-state index contributed by atoms with van der Waals surface area (Å²) in [6.07, 6.45) is 0.827. The van der Waals surface area contributed by atoms with Crippen molar-refractivity contribution in [3.05, 3.63) is 34.9 Å². The monoisotopic (exact) mass is 374 g/mol. The minimum atomic E-state index is -0.443. The van der Waals surface area contributed by atoms with Crippen LogP contribution >= 0.6 is 24.0 Å². The highest BCUT2D eigenvalue weighted by Gasteiger charge is 2.27. The van der Waals surface area contributed by atoms with Crippen LogP contribution in [-0.4, -0.2) is 49.6 Å². The molecule has 6 nitrogen and oxygen atoms in total. The molecule has 3 amide bonds. The molecule has 2 rings (SSSR count). The molecule has 0 aliphatic carbocycles. The summed E-state index contributed by atoms with van der Waals surface area (Å²) in [5, 5.41) is 9.00. The molecule has 1 aromatic rings. The largest absolute Gasteiger partial charge is 0.338 e. The third-order valence-corrected chi connectivity index (χ3v) is 4.10. The smallest absolute Gasteiger partial charge is 0.321 e. The fourth-order valence-electron chi connectivity index (χ4n) is 2.62. The second-order valence-electron chi connectivity index (χ2n) is 5.52. The van der Waals surface area contributed by atoms with Gasteiger partial charge in [-0.2, -0.15) is 0 Å². The summed E-state index contributed by atoms with van der Waals surface area (Å²) in [6.45, 7) is 4.92. The first-order valence-corrected chi connectivity index (χ1v) is 8.26. The number of hydrogen-bond donors (Lipinski definition) is 3. The number of carbonyl (C=O) groups excluding carboxylic acids is 2. The summed E-state index contributed by atoms with van der Waals surface area (Å²) in [5.74, 6) is -0.308. The third-order valence-electron chi connectivity index (χ3n) is 3.75. The molecule has 1 atom stereocenters. The molecule has 1 aromatic carbocycles. The van der Waals surface area contributed by atoms with Crippen molar-refractivity contribution in [1.29, 1.82) is 0 Å². The fourth-order valence-corrected chi connectivity index (χ4v) is 2.88.